The van der Waals surface area contributed by atoms with Crippen molar-refractivity contribution in [2.75, 3.05) is 38.8 Å². The predicted octanol–water partition coefficient (Wildman–Crippen LogP) is 7.45. The number of ether oxygens (including phenoxy) is 5. The molecule has 10 saturated heterocycles. The molecule has 10 aliphatic heterocycles. The number of nitrogens with two attached hydrogens (primary N) is 1. The first-order chi connectivity index (χ1) is 56.0. The summed E-state index contributed by atoms with van der Waals surface area (Å²) in [5.74, 6) is -1.29. The number of aromatic amines is 4. The van der Waals surface area contributed by atoms with E-state index in [-0.39, 0.29) is 69.4 Å². The molecule has 5 aromatic heterocycles. The zero-order chi connectivity index (χ0) is 89.4. The van der Waals surface area contributed by atoms with Gasteiger partial charge >= 0.3 is 62.0 Å². The molecule has 10 fully saturated rings. The Bertz CT molecular complexity index is 5200. The van der Waals surface area contributed by atoms with Gasteiger partial charge < -0.3 is 74.7 Å². The van der Waals surface area contributed by atoms with Crippen LogP contribution in [0.2, 0.25) is 0 Å². The van der Waals surface area contributed by atoms with Crippen molar-refractivity contribution in [3.05, 3.63) is 155 Å². The molecule has 6 N–H and O–H groups in total. The molecule has 40 nitrogen and oxygen atoms in total. The molecule has 15 rings (SSSR count). The molecule has 2 unspecified atom stereocenters. The van der Waals surface area contributed by atoms with E-state index in [1.165, 1.54) is 12.3 Å². The zero-order valence-electron chi connectivity index (χ0n) is 63.8. The molecule has 0 aliphatic carbocycles. The Kier molecular flexibility index (Phi) is 30.7. The molecular weight excluding hydrogens is 1950 g/mol. The summed E-state index contributed by atoms with van der Waals surface area (Å²) in [6.45, 7) is 0.945. The normalized spacial score (nSPS) is 38.9. The van der Waals surface area contributed by atoms with Crippen molar-refractivity contribution < 1.29 is 118 Å². The Balaban J connectivity index is 0.000000148. The van der Waals surface area contributed by atoms with Gasteiger partial charge in [0.15, 0.2) is 31.1 Å². The van der Waals surface area contributed by atoms with Gasteiger partial charge in [0.1, 0.15) is 66.9 Å². The summed E-state index contributed by atoms with van der Waals surface area (Å²) in [5, 5.41) is -13.1. The van der Waals surface area contributed by atoms with E-state index in [0.29, 0.717) is 10.8 Å². The molecule has 676 valence electrons. The maximum Gasteiger partial charge on any atom is 0.351 e. The van der Waals surface area contributed by atoms with Crippen LogP contribution in [0.25, 0.3) is 0 Å². The van der Waals surface area contributed by atoms with Crippen LogP contribution in [0.1, 0.15) is 100 Å². The van der Waals surface area contributed by atoms with Crippen molar-refractivity contribution in [3.8, 4) is 0 Å². The molecule has 15 heterocycles. The number of nitrogen functional groups attached to an aromatic ring is 1. The van der Waals surface area contributed by atoms with Crippen LogP contribution in [0, 0.1) is 5.82 Å². The third kappa shape index (κ3) is 22.0. The SMILES string of the molecule is CC(C)OP1(=S)OC[C@H]2O[C@@H](n3cc(F)c(=O)[nH]c3=O)[C@](F)(Cl)[C@@H]2O1.CC(C)OP1(=S)OC[C@H]2O[C@@H](n3ccc(=O)[nH]c3=O)[C@](F)(Cl)[C@@H]2O1.CC(C)O[P@@]1(=S)OC[C@H]2O[C@@H](n3ccc(=O)[nH]c3=O)[C@](F)(Cl)[C@@H]2O1.CC(C)O[P@]1(=S)OC[C@H]2O[C@@H](n3ccc(=O)[nH]c3=O)[C@](F)(Cl)[C@@H]2O1.CC(C)O[P@]1(=S)OC[C@H]2O[C@@H](n3ccc(N)nc3=O)[C@](F)(Cl)[C@@H]2O1. The molecule has 0 spiro atoms. The standard InChI is InChI=1S/C12H14ClF2N2O6PS.C12H16ClFN3O5PS.3C12H15ClFN2O6PS/c1-5(2)22-24(25)20-4-7-8(23-24)12(13,15)10(21-7)17-3-6(14)9(18)16-11(17)19;1-6(2)21-23(24)19-5-7-9(22-23)12(13,14)10(20-7)17-4-3-8(15)16-11(17)18;3*1-6(2)21-23(24)19-5-7-9(22-23)12(13,14)10(20-7)16-4-3-8(17)15-11(16)18/h3,5,7-8,10H,4H2,1-2H3,(H,16,18,19);3-4,6-7,9-10H,5H2,1-2H3,(H2,15,16,18);3*3-4,6-7,9-10H,5H2,1-2H3,(H,15,17,18)/t7-,8-,10-,12+,24?;7-,9-,10-,12+,23-;7-,9-,10-,12+,23?;7-,9-,10-,12+,23+;7-,9-,10-,12+,23-/m11111/s1. The molecule has 0 aromatic carbocycles. The molecule has 10 aliphatic rings. The van der Waals surface area contributed by atoms with E-state index >= 15 is 22.0 Å². The fourth-order valence-electron chi connectivity index (χ4n) is 12.5. The molecule has 5 aromatic rings. The molecule has 61 heteroatoms. The maximum atomic E-state index is 15.2. The van der Waals surface area contributed by atoms with E-state index in [0.717, 1.165) is 55.1 Å². The molecular formula is C60H75Cl5F6N11O29P5S5. The summed E-state index contributed by atoms with van der Waals surface area (Å²) in [6.07, 6.45) is -15.1. The van der Waals surface area contributed by atoms with Crippen molar-refractivity contribution in [2.24, 2.45) is 0 Å². The van der Waals surface area contributed by atoms with Gasteiger partial charge in [-0.15, -0.1) is 0 Å². The lowest BCUT2D eigenvalue weighted by molar-refractivity contribution is -0.0659. The van der Waals surface area contributed by atoms with Gasteiger partial charge in [0, 0.05) is 43.0 Å². The first-order valence-corrected chi connectivity index (χ1v) is 50.2. The Hall–Kier alpha value is -3.12. The van der Waals surface area contributed by atoms with Gasteiger partial charge in [-0.2, -0.15) is 9.37 Å². The minimum atomic E-state index is -3.26. The Morgan fingerprint density at radius 1 is 0.397 bits per heavy atom. The summed E-state index contributed by atoms with van der Waals surface area (Å²) >= 11 is 56.0. The highest BCUT2D eigenvalue weighted by Crippen LogP contribution is 2.66. The fraction of sp³-hybridized carbons (Fsp3) is 0.667. The van der Waals surface area contributed by atoms with Gasteiger partial charge in [0.05, 0.1) is 69.8 Å². The van der Waals surface area contributed by atoms with Gasteiger partial charge in [0.2, 0.25) is 5.82 Å². The van der Waals surface area contributed by atoms with Gasteiger partial charge in [-0.25, -0.2) is 45.9 Å². The summed E-state index contributed by atoms with van der Waals surface area (Å²) in [4.78, 5) is 115. The summed E-state index contributed by atoms with van der Waals surface area (Å²) < 4.78 is 202. The Labute approximate surface area is 728 Å². The van der Waals surface area contributed by atoms with Crippen LogP contribution in [-0.2, 0) is 151 Å². The zero-order valence-corrected chi connectivity index (χ0v) is 76.1. The highest BCUT2D eigenvalue weighted by atomic mass is 35.5. The van der Waals surface area contributed by atoms with Gasteiger partial charge in [-0.3, -0.25) is 84.6 Å². The Morgan fingerprint density at radius 2 is 0.620 bits per heavy atom. The molecule has 0 radical (unpaired) electrons. The molecule has 121 heavy (non-hydrogen) atoms. The fourth-order valence-corrected chi connectivity index (χ4v) is 27.3. The number of rotatable bonds is 15. The number of halogens is 11. The number of alkyl halides is 10. The van der Waals surface area contributed by atoms with Crippen LogP contribution < -0.4 is 56.4 Å². The number of aromatic nitrogens is 10. The van der Waals surface area contributed by atoms with Crippen molar-refractivity contribution in [1.82, 2.24) is 47.8 Å². The summed E-state index contributed by atoms with van der Waals surface area (Å²) in [5.41, 5.74) is -2.11. The minimum Gasteiger partial charge on any atom is -0.383 e. The number of fused-ring (bicyclic) bond motifs is 5. The van der Waals surface area contributed by atoms with Crippen LogP contribution in [0.3, 0.4) is 0 Å². The highest BCUT2D eigenvalue weighted by molar-refractivity contribution is 8.08. The predicted molar refractivity (Wildman–Crippen MR) is 433 cm³/mol. The molecule has 25 atom stereocenters. The second kappa shape index (κ2) is 37.8. The van der Waals surface area contributed by atoms with Gasteiger partial charge in [-0.05, 0) is 134 Å². The van der Waals surface area contributed by atoms with Crippen LogP contribution in [0.5, 0.6) is 0 Å². The van der Waals surface area contributed by atoms with E-state index in [4.69, 9.17) is 214 Å². The third-order valence-corrected chi connectivity index (χ3v) is 31.6. The average Bonchev–Trinajstić information content (AvgIpc) is 1.62. The first kappa shape index (κ1) is 98.5. The van der Waals surface area contributed by atoms with Crippen LogP contribution in [0.4, 0.5) is 32.2 Å². The van der Waals surface area contributed by atoms with Gasteiger partial charge in [0.25, 0.3) is 47.9 Å². The van der Waals surface area contributed by atoms with Crippen molar-refractivity contribution >= 4 is 156 Å². The quantitative estimate of drug-likeness (QED) is 0.0386. The van der Waals surface area contributed by atoms with E-state index in [1.807, 2.05) is 15.0 Å². The van der Waals surface area contributed by atoms with E-state index in [2.05, 4.69) is 4.98 Å². The Morgan fingerprint density at radius 3 is 0.851 bits per heavy atom. The summed E-state index contributed by atoms with van der Waals surface area (Å²) in [7, 11) is 0. The van der Waals surface area contributed by atoms with Crippen LogP contribution >= 0.6 is 91.6 Å². The minimum absolute atomic E-state index is 0.00566. The van der Waals surface area contributed by atoms with Crippen molar-refractivity contribution in [2.45, 2.75) is 218 Å². The average molecular weight is 2020 g/mol. The number of H-pyrrole nitrogens is 4. The number of hydrogen-bond acceptors (Lipinski definition) is 36. The summed E-state index contributed by atoms with van der Waals surface area (Å²) in [6, 6.07) is 4.51. The number of nitrogens with one attached hydrogen (secondary N) is 4. The second-order valence-electron chi connectivity index (χ2n) is 28.4. The second-order valence-corrected chi connectivity index (χ2v) is 45.8. The highest BCUT2D eigenvalue weighted by Gasteiger charge is 2.68. The maximum absolute atomic E-state index is 15.2. The number of hydrogen-bond donors (Lipinski definition) is 5. The topological polar surface area (TPSA) is 465 Å². The van der Waals surface area contributed by atoms with Crippen molar-refractivity contribution in [1.29, 1.82) is 0 Å². The lowest BCUT2D eigenvalue weighted by atomic mass is 10.1. The lowest BCUT2D eigenvalue weighted by Crippen LogP contribution is -2.45. The molecule has 0 amide bonds. The monoisotopic (exact) mass is 2020 g/mol. The third-order valence-electron chi connectivity index (χ3n) is 17.2. The van der Waals surface area contributed by atoms with E-state index in [9.17, 15) is 47.5 Å². The van der Waals surface area contributed by atoms with Crippen LogP contribution in [0.15, 0.2) is 98.4 Å². The van der Waals surface area contributed by atoms with E-state index < -0.39 is 208 Å². The molecule has 0 saturated carbocycles. The number of anilines is 1. The van der Waals surface area contributed by atoms with Crippen LogP contribution in [-0.4, -0.2) is 198 Å². The lowest BCUT2D eigenvalue weighted by Gasteiger charge is -2.35. The smallest absolute Gasteiger partial charge is 0.351 e. The van der Waals surface area contributed by atoms with Gasteiger partial charge in [-0.1, -0.05) is 58.0 Å². The first-order valence-electron chi connectivity index (χ1n) is 35.6. The number of nitrogens with zero attached hydrogens (tertiary/aromatic N) is 6. The van der Waals surface area contributed by atoms with Crippen molar-refractivity contribution in [3.63, 3.8) is 0 Å². The largest absolute Gasteiger partial charge is 0.383 e. The molecule has 0 bridgehead atoms. The van der Waals surface area contributed by atoms with E-state index in [1.54, 1.807) is 74.2 Å².